The minimum atomic E-state index is -0.0529. The summed E-state index contributed by atoms with van der Waals surface area (Å²) in [6, 6.07) is 0. The molecule has 0 aromatic carbocycles. The van der Waals surface area contributed by atoms with E-state index in [0.717, 1.165) is 64.0 Å². The fraction of sp³-hybridized carbons (Fsp3) is 0.882. The monoisotopic (exact) mass is 453 g/mol. The molecule has 0 amide bonds. The molecule has 0 aromatic heterocycles. The van der Waals surface area contributed by atoms with E-state index in [9.17, 15) is 4.79 Å². The molecule has 1 N–H and O–H groups in total. The molecule has 6 nitrogen and oxygen atoms in total. The summed E-state index contributed by atoms with van der Waals surface area (Å²) in [5, 5.41) is 3.39. The van der Waals surface area contributed by atoms with E-state index in [4.69, 9.17) is 9.47 Å². The largest absolute Gasteiger partial charge is 0.466 e. The van der Waals surface area contributed by atoms with E-state index in [-0.39, 0.29) is 35.9 Å². The molecule has 1 aliphatic carbocycles. The van der Waals surface area contributed by atoms with Crippen molar-refractivity contribution in [1.82, 2.24) is 10.2 Å². The second-order valence-electron chi connectivity index (χ2n) is 6.36. The Morgan fingerprint density at radius 2 is 1.96 bits per heavy atom. The van der Waals surface area contributed by atoms with Crippen molar-refractivity contribution in [1.29, 1.82) is 0 Å². The highest BCUT2D eigenvalue weighted by atomic mass is 127. The van der Waals surface area contributed by atoms with Crippen LogP contribution in [0.2, 0.25) is 0 Å². The second kappa shape index (κ2) is 11.9. The number of guanidine groups is 1. The molecule has 1 heterocycles. The lowest BCUT2D eigenvalue weighted by molar-refractivity contribution is -0.149. The van der Waals surface area contributed by atoms with Crippen molar-refractivity contribution in [2.45, 2.75) is 39.0 Å². The van der Waals surface area contributed by atoms with Crippen LogP contribution in [0.1, 0.15) is 39.0 Å². The van der Waals surface area contributed by atoms with Crippen LogP contribution in [-0.2, 0) is 14.3 Å². The molecule has 1 saturated heterocycles. The first-order valence-electron chi connectivity index (χ1n) is 8.94. The predicted molar refractivity (Wildman–Crippen MR) is 106 cm³/mol. The van der Waals surface area contributed by atoms with Crippen LogP contribution < -0.4 is 5.32 Å². The van der Waals surface area contributed by atoms with Gasteiger partial charge in [-0.15, -0.1) is 24.0 Å². The third kappa shape index (κ3) is 7.55. The fourth-order valence-electron chi connectivity index (χ4n) is 2.83. The smallest absolute Gasteiger partial charge is 0.309 e. The lowest BCUT2D eigenvalue weighted by atomic mass is 9.97. The van der Waals surface area contributed by atoms with Gasteiger partial charge in [-0.1, -0.05) is 0 Å². The van der Waals surface area contributed by atoms with Crippen molar-refractivity contribution < 1.29 is 14.3 Å². The summed E-state index contributed by atoms with van der Waals surface area (Å²) < 4.78 is 10.7. The van der Waals surface area contributed by atoms with Crippen molar-refractivity contribution in [3.05, 3.63) is 0 Å². The van der Waals surface area contributed by atoms with E-state index in [2.05, 4.69) is 15.2 Å². The zero-order valence-electron chi connectivity index (χ0n) is 15.0. The Balaban J connectivity index is 0.00000288. The minimum absolute atomic E-state index is 0. The normalized spacial score (nSPS) is 18.9. The molecule has 140 valence electrons. The summed E-state index contributed by atoms with van der Waals surface area (Å²) in [6.07, 6.45) is 5.35. The highest BCUT2D eigenvalue weighted by Crippen LogP contribution is 2.28. The Labute approximate surface area is 162 Å². The maximum Gasteiger partial charge on any atom is 0.309 e. The van der Waals surface area contributed by atoms with Crippen LogP contribution in [0.25, 0.3) is 0 Å². The number of halogens is 1. The number of carbonyl (C=O) groups is 1. The summed E-state index contributed by atoms with van der Waals surface area (Å²) in [7, 11) is 1.81. The number of nitrogens with zero attached hydrogens (tertiary/aromatic N) is 2. The molecular weight excluding hydrogens is 421 g/mol. The molecule has 2 aliphatic rings. The molecule has 0 spiro atoms. The van der Waals surface area contributed by atoms with Crippen molar-refractivity contribution >= 4 is 35.9 Å². The summed E-state index contributed by atoms with van der Waals surface area (Å²) in [5.41, 5.74) is 0. The highest BCUT2D eigenvalue weighted by molar-refractivity contribution is 14.0. The van der Waals surface area contributed by atoms with Gasteiger partial charge in [0.2, 0.25) is 0 Å². The average molecular weight is 453 g/mol. The Morgan fingerprint density at radius 3 is 2.54 bits per heavy atom. The summed E-state index contributed by atoms with van der Waals surface area (Å²) >= 11 is 0. The molecule has 24 heavy (non-hydrogen) atoms. The van der Waals surface area contributed by atoms with E-state index in [1.165, 1.54) is 12.8 Å². The average Bonchev–Trinajstić information content (AvgIpc) is 3.39. The number of carbonyl (C=O) groups excluding carboxylic acids is 1. The number of hydrogen-bond donors (Lipinski definition) is 1. The van der Waals surface area contributed by atoms with Gasteiger partial charge in [0.15, 0.2) is 5.96 Å². The van der Waals surface area contributed by atoms with Gasteiger partial charge in [-0.05, 0) is 44.9 Å². The third-order valence-corrected chi connectivity index (χ3v) is 4.43. The van der Waals surface area contributed by atoms with Crippen LogP contribution in [0.4, 0.5) is 0 Å². The van der Waals surface area contributed by atoms with Crippen LogP contribution >= 0.6 is 24.0 Å². The molecule has 1 saturated carbocycles. The molecule has 0 unspecified atom stereocenters. The first-order chi connectivity index (χ1) is 11.2. The summed E-state index contributed by atoms with van der Waals surface area (Å²) in [5.74, 6) is 1.74. The zero-order valence-corrected chi connectivity index (χ0v) is 17.3. The molecule has 1 aliphatic heterocycles. The van der Waals surface area contributed by atoms with Crippen LogP contribution in [0, 0.1) is 11.8 Å². The van der Waals surface area contributed by atoms with Crippen LogP contribution in [0.15, 0.2) is 4.99 Å². The Bertz CT molecular complexity index is 395. The topological polar surface area (TPSA) is 63.2 Å². The van der Waals surface area contributed by atoms with Gasteiger partial charge in [0.05, 0.1) is 12.5 Å². The Morgan fingerprint density at radius 1 is 1.25 bits per heavy atom. The molecule has 0 atom stereocenters. The molecule has 2 fully saturated rings. The van der Waals surface area contributed by atoms with Gasteiger partial charge < -0.3 is 19.7 Å². The molecule has 0 bridgehead atoms. The van der Waals surface area contributed by atoms with Gasteiger partial charge in [-0.2, -0.15) is 0 Å². The fourth-order valence-corrected chi connectivity index (χ4v) is 2.83. The first kappa shape index (κ1) is 21.5. The quantitative estimate of drug-likeness (QED) is 0.201. The second-order valence-corrected chi connectivity index (χ2v) is 6.36. The molecule has 0 radical (unpaired) electrons. The van der Waals surface area contributed by atoms with Gasteiger partial charge in [-0.3, -0.25) is 9.79 Å². The SMILES string of the molecule is CCOC(=O)C1CCN(C(=NC)NCCCOCC2CC2)CC1.I. The van der Waals surface area contributed by atoms with E-state index >= 15 is 0 Å². The number of ether oxygens (including phenoxy) is 2. The number of likely N-dealkylation sites (tertiary alicyclic amines) is 1. The maximum atomic E-state index is 11.8. The summed E-state index contributed by atoms with van der Waals surface area (Å²) in [4.78, 5) is 18.3. The van der Waals surface area contributed by atoms with Gasteiger partial charge in [0.25, 0.3) is 0 Å². The maximum absolute atomic E-state index is 11.8. The molecular formula is C17H32IN3O3. The molecule has 7 heteroatoms. The van der Waals surface area contributed by atoms with Crippen molar-refractivity contribution in [3.63, 3.8) is 0 Å². The van der Waals surface area contributed by atoms with Gasteiger partial charge >= 0.3 is 5.97 Å². The minimum Gasteiger partial charge on any atom is -0.466 e. The molecule has 2 rings (SSSR count). The zero-order chi connectivity index (χ0) is 16.5. The number of piperidine rings is 1. The standard InChI is InChI=1S/C17H31N3O3.HI/c1-3-23-16(21)15-7-10-20(11-8-15)17(18-2)19-9-4-12-22-13-14-5-6-14;/h14-15H,3-13H2,1-2H3,(H,18,19);1H. The van der Waals surface area contributed by atoms with Crippen molar-refractivity contribution in [2.75, 3.05) is 46.5 Å². The number of hydrogen-bond acceptors (Lipinski definition) is 4. The highest BCUT2D eigenvalue weighted by Gasteiger charge is 2.27. The van der Waals surface area contributed by atoms with Gasteiger partial charge in [-0.25, -0.2) is 0 Å². The lowest BCUT2D eigenvalue weighted by Crippen LogP contribution is -2.47. The summed E-state index contributed by atoms with van der Waals surface area (Å²) in [6.45, 7) is 6.62. The van der Waals surface area contributed by atoms with Gasteiger partial charge in [0, 0.05) is 39.9 Å². The van der Waals surface area contributed by atoms with Crippen LogP contribution in [-0.4, -0.2) is 63.3 Å². The number of aliphatic imine (C=N–C) groups is 1. The Hall–Kier alpha value is -0.570. The molecule has 0 aromatic rings. The van der Waals surface area contributed by atoms with E-state index in [0.29, 0.717) is 6.61 Å². The van der Waals surface area contributed by atoms with Crippen LogP contribution in [0.5, 0.6) is 0 Å². The Kier molecular flexibility index (Phi) is 10.6. The predicted octanol–water partition coefficient (Wildman–Crippen LogP) is 2.27. The van der Waals surface area contributed by atoms with Gasteiger partial charge in [0.1, 0.15) is 0 Å². The lowest BCUT2D eigenvalue weighted by Gasteiger charge is -2.33. The number of esters is 1. The number of nitrogens with one attached hydrogen (secondary N) is 1. The van der Waals surface area contributed by atoms with E-state index in [1.807, 2.05) is 14.0 Å². The van der Waals surface area contributed by atoms with Crippen molar-refractivity contribution in [2.24, 2.45) is 16.8 Å². The third-order valence-electron chi connectivity index (χ3n) is 4.43. The first-order valence-corrected chi connectivity index (χ1v) is 8.94. The van der Waals surface area contributed by atoms with Crippen LogP contribution in [0.3, 0.4) is 0 Å². The number of rotatable bonds is 8. The van der Waals surface area contributed by atoms with E-state index in [1.54, 1.807) is 0 Å². The van der Waals surface area contributed by atoms with Crippen molar-refractivity contribution in [3.8, 4) is 0 Å². The van der Waals surface area contributed by atoms with E-state index < -0.39 is 0 Å².